The molecular weight excluding hydrogens is 204 g/mol. The van der Waals surface area contributed by atoms with Crippen LogP contribution in [0, 0.1) is 0 Å². The summed E-state index contributed by atoms with van der Waals surface area (Å²) < 4.78 is 0. The zero-order valence-corrected chi connectivity index (χ0v) is 9.84. The molecule has 0 spiro atoms. The average molecular weight is 222 g/mol. The van der Waals surface area contributed by atoms with E-state index >= 15 is 0 Å². The van der Waals surface area contributed by atoms with Crippen LogP contribution >= 0.6 is 0 Å². The van der Waals surface area contributed by atoms with Gasteiger partial charge in [-0.3, -0.25) is 9.89 Å². The van der Waals surface area contributed by atoms with Gasteiger partial charge in [0, 0.05) is 25.2 Å². The number of fused-ring (bicyclic) bond motifs is 1. The molecule has 1 aliphatic rings. The summed E-state index contributed by atoms with van der Waals surface area (Å²) in [4.78, 5) is 14.0. The molecule has 0 aliphatic carbocycles. The van der Waals surface area contributed by atoms with Gasteiger partial charge in [-0.15, -0.1) is 0 Å². The summed E-state index contributed by atoms with van der Waals surface area (Å²) in [5.41, 5.74) is 2.76. The van der Waals surface area contributed by atoms with Crippen molar-refractivity contribution in [1.29, 1.82) is 0 Å². The van der Waals surface area contributed by atoms with E-state index in [4.69, 9.17) is 0 Å². The first-order chi connectivity index (χ1) is 7.77. The van der Waals surface area contributed by atoms with Crippen molar-refractivity contribution >= 4 is 5.91 Å². The fraction of sp³-hybridized carbons (Fsp3) is 0.636. The number of hydrogen-bond acceptors (Lipinski definition) is 3. The molecule has 5 heteroatoms. The highest BCUT2D eigenvalue weighted by Crippen LogP contribution is 2.16. The molecule has 1 aliphatic heterocycles. The molecule has 0 saturated heterocycles. The molecule has 0 aromatic carbocycles. The molecule has 5 nitrogen and oxygen atoms in total. The Balaban J connectivity index is 2.26. The second kappa shape index (κ2) is 4.65. The Bertz CT molecular complexity index is 381. The van der Waals surface area contributed by atoms with E-state index in [1.54, 1.807) is 4.90 Å². The highest BCUT2D eigenvalue weighted by molar-refractivity contribution is 5.94. The number of aromatic nitrogens is 2. The molecule has 88 valence electrons. The third kappa shape index (κ3) is 1.82. The minimum atomic E-state index is 0.0457. The summed E-state index contributed by atoms with van der Waals surface area (Å²) in [6, 6.07) is 0. The van der Waals surface area contributed by atoms with Gasteiger partial charge in [0.1, 0.15) is 0 Å². The SMILES string of the molecule is CCN(CC)C(=O)c1n[nH]c2c1CCNC2. The van der Waals surface area contributed by atoms with Crippen LogP contribution in [0.4, 0.5) is 0 Å². The molecule has 2 rings (SSSR count). The summed E-state index contributed by atoms with van der Waals surface area (Å²) in [6.45, 7) is 7.15. The van der Waals surface area contributed by atoms with Gasteiger partial charge in [0.25, 0.3) is 5.91 Å². The average Bonchev–Trinajstić information content (AvgIpc) is 2.74. The Morgan fingerprint density at radius 3 is 2.88 bits per heavy atom. The lowest BCUT2D eigenvalue weighted by Gasteiger charge is -2.19. The lowest BCUT2D eigenvalue weighted by molar-refractivity contribution is 0.0766. The normalized spacial score (nSPS) is 14.6. The van der Waals surface area contributed by atoms with Crippen molar-refractivity contribution < 1.29 is 4.79 Å². The van der Waals surface area contributed by atoms with Crippen LogP contribution in [0.5, 0.6) is 0 Å². The lowest BCUT2D eigenvalue weighted by atomic mass is 10.1. The maximum atomic E-state index is 12.2. The summed E-state index contributed by atoms with van der Waals surface area (Å²) in [7, 11) is 0. The van der Waals surface area contributed by atoms with E-state index in [1.807, 2.05) is 13.8 Å². The number of carbonyl (C=O) groups is 1. The van der Waals surface area contributed by atoms with E-state index in [-0.39, 0.29) is 5.91 Å². The number of nitrogens with one attached hydrogen (secondary N) is 2. The van der Waals surface area contributed by atoms with Crippen molar-refractivity contribution in [2.75, 3.05) is 19.6 Å². The minimum absolute atomic E-state index is 0.0457. The highest BCUT2D eigenvalue weighted by atomic mass is 16.2. The molecular formula is C11H18N4O. The quantitative estimate of drug-likeness (QED) is 0.784. The topological polar surface area (TPSA) is 61.0 Å². The highest BCUT2D eigenvalue weighted by Gasteiger charge is 2.23. The molecule has 0 atom stereocenters. The number of H-pyrrole nitrogens is 1. The van der Waals surface area contributed by atoms with Crippen LogP contribution in [0.1, 0.15) is 35.6 Å². The fourth-order valence-electron chi connectivity index (χ4n) is 2.08. The van der Waals surface area contributed by atoms with E-state index < -0.39 is 0 Å². The van der Waals surface area contributed by atoms with Crippen molar-refractivity contribution in [3.63, 3.8) is 0 Å². The fourth-order valence-corrected chi connectivity index (χ4v) is 2.08. The maximum absolute atomic E-state index is 12.2. The van der Waals surface area contributed by atoms with Crippen LogP contribution in [-0.4, -0.2) is 40.6 Å². The third-order valence-electron chi connectivity index (χ3n) is 3.06. The first kappa shape index (κ1) is 11.1. The monoisotopic (exact) mass is 222 g/mol. The third-order valence-corrected chi connectivity index (χ3v) is 3.06. The zero-order chi connectivity index (χ0) is 11.5. The lowest BCUT2D eigenvalue weighted by Crippen LogP contribution is -2.32. The molecule has 0 saturated carbocycles. The van der Waals surface area contributed by atoms with Crippen LogP contribution < -0.4 is 5.32 Å². The molecule has 0 bridgehead atoms. The van der Waals surface area contributed by atoms with Crippen molar-refractivity contribution in [2.24, 2.45) is 0 Å². The van der Waals surface area contributed by atoms with Crippen LogP contribution in [-0.2, 0) is 13.0 Å². The van der Waals surface area contributed by atoms with Gasteiger partial charge in [0.2, 0.25) is 0 Å². The Hall–Kier alpha value is -1.36. The molecule has 0 radical (unpaired) electrons. The predicted octanol–water partition coefficient (Wildman–Crippen LogP) is 0.537. The van der Waals surface area contributed by atoms with E-state index in [2.05, 4.69) is 15.5 Å². The van der Waals surface area contributed by atoms with E-state index in [9.17, 15) is 4.79 Å². The van der Waals surface area contributed by atoms with Gasteiger partial charge >= 0.3 is 0 Å². The zero-order valence-electron chi connectivity index (χ0n) is 9.84. The summed E-state index contributed by atoms with van der Waals surface area (Å²) >= 11 is 0. The molecule has 16 heavy (non-hydrogen) atoms. The van der Waals surface area contributed by atoms with Crippen molar-refractivity contribution in [3.05, 3.63) is 17.0 Å². The van der Waals surface area contributed by atoms with E-state index in [0.29, 0.717) is 5.69 Å². The van der Waals surface area contributed by atoms with Crippen LogP contribution in [0.25, 0.3) is 0 Å². The number of amides is 1. The number of carbonyl (C=O) groups excluding carboxylic acids is 1. The van der Waals surface area contributed by atoms with Gasteiger partial charge in [0.15, 0.2) is 5.69 Å². The van der Waals surface area contributed by atoms with Crippen molar-refractivity contribution in [2.45, 2.75) is 26.8 Å². The first-order valence-corrected chi connectivity index (χ1v) is 5.84. The number of rotatable bonds is 3. The molecule has 1 aromatic heterocycles. The number of aromatic amines is 1. The molecule has 1 aromatic rings. The molecule has 0 fully saturated rings. The maximum Gasteiger partial charge on any atom is 0.274 e. The van der Waals surface area contributed by atoms with Gasteiger partial charge in [-0.1, -0.05) is 0 Å². The standard InChI is InChI=1S/C11H18N4O/c1-3-15(4-2)11(16)10-8-5-6-12-7-9(8)13-14-10/h12H,3-7H2,1-2H3,(H,13,14). The summed E-state index contributed by atoms with van der Waals surface area (Å²) in [5.74, 6) is 0.0457. The Morgan fingerprint density at radius 1 is 1.44 bits per heavy atom. The summed E-state index contributed by atoms with van der Waals surface area (Å²) in [5, 5.41) is 10.4. The Labute approximate surface area is 95.2 Å². The Kier molecular flexibility index (Phi) is 3.24. The Morgan fingerprint density at radius 2 is 2.19 bits per heavy atom. The molecule has 0 unspecified atom stereocenters. The van der Waals surface area contributed by atoms with Gasteiger partial charge in [-0.2, -0.15) is 5.10 Å². The van der Waals surface area contributed by atoms with Gasteiger partial charge in [-0.05, 0) is 26.8 Å². The van der Waals surface area contributed by atoms with E-state index in [0.717, 1.165) is 43.9 Å². The molecule has 2 heterocycles. The van der Waals surface area contributed by atoms with E-state index in [1.165, 1.54) is 0 Å². The van der Waals surface area contributed by atoms with Crippen LogP contribution in [0.2, 0.25) is 0 Å². The molecule has 2 N–H and O–H groups in total. The van der Waals surface area contributed by atoms with Gasteiger partial charge in [-0.25, -0.2) is 0 Å². The second-order valence-corrected chi connectivity index (χ2v) is 3.93. The first-order valence-electron chi connectivity index (χ1n) is 5.84. The minimum Gasteiger partial charge on any atom is -0.338 e. The number of nitrogens with zero attached hydrogens (tertiary/aromatic N) is 2. The van der Waals surface area contributed by atoms with Crippen LogP contribution in [0.3, 0.4) is 0 Å². The van der Waals surface area contributed by atoms with Gasteiger partial charge in [0.05, 0.1) is 5.69 Å². The largest absolute Gasteiger partial charge is 0.338 e. The predicted molar refractivity (Wildman–Crippen MR) is 61.2 cm³/mol. The second-order valence-electron chi connectivity index (χ2n) is 3.93. The smallest absolute Gasteiger partial charge is 0.274 e. The number of hydrogen-bond donors (Lipinski definition) is 2. The van der Waals surface area contributed by atoms with Crippen molar-refractivity contribution in [3.8, 4) is 0 Å². The molecule has 1 amide bonds. The summed E-state index contributed by atoms with van der Waals surface area (Å²) in [6.07, 6.45) is 0.883. The van der Waals surface area contributed by atoms with Crippen molar-refractivity contribution in [1.82, 2.24) is 20.4 Å². The van der Waals surface area contributed by atoms with Crippen LogP contribution in [0.15, 0.2) is 0 Å². The van der Waals surface area contributed by atoms with Gasteiger partial charge < -0.3 is 10.2 Å².